The number of likely N-dealkylation sites (N-methyl/N-ethyl adjacent to an activating group) is 1. The average molecular weight is 301 g/mol. The summed E-state index contributed by atoms with van der Waals surface area (Å²) in [4.78, 5) is 25.7. The van der Waals surface area contributed by atoms with Crippen LogP contribution in [-0.4, -0.2) is 36.5 Å². The molecule has 0 saturated heterocycles. The molecule has 1 aromatic rings. The minimum Gasteiger partial charge on any atom is -0.337 e. The molecule has 5 heteroatoms. The zero-order chi connectivity index (χ0) is 16.1. The van der Waals surface area contributed by atoms with Gasteiger partial charge in [-0.25, -0.2) is 4.79 Å². The molecule has 5 nitrogen and oxygen atoms in total. The monoisotopic (exact) mass is 301 g/mol. The summed E-state index contributed by atoms with van der Waals surface area (Å²) in [6.45, 7) is 9.30. The van der Waals surface area contributed by atoms with E-state index in [1.807, 2.05) is 38.1 Å². The molecule has 0 bridgehead atoms. The number of benzene rings is 1. The molecule has 3 amide bonds. The molecule has 0 fully saturated rings. The second kappa shape index (κ2) is 7.11. The number of hydrogen-bond donors (Lipinski definition) is 2. The fourth-order valence-electron chi connectivity index (χ4n) is 2.66. The summed E-state index contributed by atoms with van der Waals surface area (Å²) in [6.07, 6.45) is 0.393. The first kappa shape index (κ1) is 16.1. The van der Waals surface area contributed by atoms with Crippen LogP contribution in [0, 0.1) is 0 Å². The average Bonchev–Trinajstić information content (AvgIpc) is 2.49. The maximum absolute atomic E-state index is 12.2. The summed E-state index contributed by atoms with van der Waals surface area (Å²) in [7, 11) is 0. The van der Waals surface area contributed by atoms with Gasteiger partial charge in [0.25, 0.3) is 0 Å². The Morgan fingerprint density at radius 1 is 1.45 bits per heavy atom. The summed E-state index contributed by atoms with van der Waals surface area (Å²) in [5.74, 6) is 0.00432. The number of carbonyl (C=O) groups is 2. The van der Waals surface area contributed by atoms with Crippen LogP contribution < -0.4 is 10.6 Å². The topological polar surface area (TPSA) is 61.4 Å². The Kier molecular flexibility index (Phi) is 5.20. The van der Waals surface area contributed by atoms with Crippen LogP contribution in [0.2, 0.25) is 0 Å². The van der Waals surface area contributed by atoms with Crippen molar-refractivity contribution in [3.05, 3.63) is 42.0 Å². The van der Waals surface area contributed by atoms with Crippen LogP contribution >= 0.6 is 0 Å². The van der Waals surface area contributed by atoms with Crippen molar-refractivity contribution in [3.63, 3.8) is 0 Å². The molecule has 1 aliphatic rings. The first-order chi connectivity index (χ1) is 10.5. The Labute approximate surface area is 131 Å². The third-order valence-corrected chi connectivity index (χ3v) is 3.74. The number of urea groups is 1. The zero-order valence-corrected chi connectivity index (χ0v) is 13.2. The molecule has 1 atom stereocenters. The fourth-order valence-corrected chi connectivity index (χ4v) is 2.66. The molecule has 0 radical (unpaired) electrons. The van der Waals surface area contributed by atoms with Crippen LogP contribution in [-0.2, 0) is 4.79 Å². The zero-order valence-electron chi connectivity index (χ0n) is 13.2. The molecule has 0 unspecified atom stereocenters. The van der Waals surface area contributed by atoms with E-state index in [0.717, 1.165) is 16.8 Å². The van der Waals surface area contributed by atoms with E-state index in [9.17, 15) is 9.59 Å². The maximum Gasteiger partial charge on any atom is 0.317 e. The van der Waals surface area contributed by atoms with Crippen molar-refractivity contribution >= 4 is 17.6 Å². The van der Waals surface area contributed by atoms with E-state index < -0.39 is 0 Å². The van der Waals surface area contributed by atoms with Crippen LogP contribution in [0.3, 0.4) is 0 Å². The van der Waals surface area contributed by atoms with Gasteiger partial charge in [-0.2, -0.15) is 0 Å². The lowest BCUT2D eigenvalue weighted by molar-refractivity contribution is -0.116. The van der Waals surface area contributed by atoms with Gasteiger partial charge in [0.1, 0.15) is 0 Å². The van der Waals surface area contributed by atoms with E-state index in [0.29, 0.717) is 26.1 Å². The van der Waals surface area contributed by atoms with Gasteiger partial charge in [0.15, 0.2) is 0 Å². The van der Waals surface area contributed by atoms with E-state index in [-0.39, 0.29) is 17.9 Å². The molecule has 1 aliphatic heterocycles. The number of nitrogens with one attached hydrogen (secondary N) is 2. The molecule has 0 aliphatic carbocycles. The second-order valence-electron chi connectivity index (χ2n) is 5.69. The van der Waals surface area contributed by atoms with Gasteiger partial charge < -0.3 is 15.5 Å². The third kappa shape index (κ3) is 3.87. The number of anilines is 1. The molecule has 1 aromatic carbocycles. The van der Waals surface area contributed by atoms with Crippen molar-refractivity contribution in [3.8, 4) is 0 Å². The number of para-hydroxylation sites is 1. The molecular formula is C17H23N3O2. The highest BCUT2D eigenvalue weighted by Gasteiger charge is 2.25. The van der Waals surface area contributed by atoms with Gasteiger partial charge in [0.05, 0.1) is 0 Å². The Balaban J connectivity index is 2.01. The molecule has 2 N–H and O–H groups in total. The van der Waals surface area contributed by atoms with Gasteiger partial charge in [0.2, 0.25) is 5.91 Å². The number of amides is 3. The van der Waals surface area contributed by atoms with Crippen molar-refractivity contribution in [2.45, 2.75) is 26.2 Å². The minimum atomic E-state index is -0.117. The third-order valence-electron chi connectivity index (χ3n) is 3.74. The van der Waals surface area contributed by atoms with Crippen LogP contribution in [0.5, 0.6) is 0 Å². The summed E-state index contributed by atoms with van der Waals surface area (Å²) >= 11 is 0. The van der Waals surface area contributed by atoms with Gasteiger partial charge in [-0.05, 0) is 25.5 Å². The summed E-state index contributed by atoms with van der Waals surface area (Å²) in [5.41, 5.74) is 2.86. The lowest BCUT2D eigenvalue weighted by atomic mass is 9.90. The van der Waals surface area contributed by atoms with Crippen molar-refractivity contribution < 1.29 is 9.59 Å². The standard InChI is InChI=1S/C17H23N3O2/c1-4-20(11-12(2)3)17(22)18-10-13-9-16(21)19-15-8-6-5-7-14(13)15/h5-8,13H,2,4,9-11H2,1,3H3,(H,18,22)(H,19,21)/t13-/m0/s1. The van der Waals surface area contributed by atoms with Crippen molar-refractivity contribution in [1.29, 1.82) is 0 Å². The highest BCUT2D eigenvalue weighted by atomic mass is 16.2. The number of hydrogen-bond acceptors (Lipinski definition) is 2. The summed E-state index contributed by atoms with van der Waals surface area (Å²) in [6, 6.07) is 7.61. The molecule has 22 heavy (non-hydrogen) atoms. The normalized spacial score (nSPS) is 16.5. The fraction of sp³-hybridized carbons (Fsp3) is 0.412. The first-order valence-corrected chi connectivity index (χ1v) is 7.57. The lowest BCUT2D eigenvalue weighted by Gasteiger charge is -2.27. The number of rotatable bonds is 5. The second-order valence-corrected chi connectivity index (χ2v) is 5.69. The Morgan fingerprint density at radius 3 is 2.86 bits per heavy atom. The molecule has 0 saturated carbocycles. The molecule has 0 spiro atoms. The number of carbonyl (C=O) groups excluding carboxylic acids is 2. The van der Waals surface area contributed by atoms with Crippen LogP contribution in [0.1, 0.15) is 31.7 Å². The largest absolute Gasteiger partial charge is 0.337 e. The molecule has 118 valence electrons. The predicted molar refractivity (Wildman–Crippen MR) is 87.9 cm³/mol. The van der Waals surface area contributed by atoms with Gasteiger partial charge in [-0.1, -0.05) is 30.4 Å². The van der Waals surface area contributed by atoms with Gasteiger partial charge in [-0.3, -0.25) is 4.79 Å². The number of fused-ring (bicyclic) bond motifs is 1. The molecular weight excluding hydrogens is 278 g/mol. The highest BCUT2D eigenvalue weighted by molar-refractivity contribution is 5.94. The van der Waals surface area contributed by atoms with Crippen molar-refractivity contribution in [1.82, 2.24) is 10.2 Å². The molecule has 1 heterocycles. The van der Waals surface area contributed by atoms with Gasteiger partial charge >= 0.3 is 6.03 Å². The Bertz CT molecular complexity index is 583. The van der Waals surface area contributed by atoms with Crippen molar-refractivity contribution in [2.75, 3.05) is 25.0 Å². The Morgan fingerprint density at radius 2 is 2.18 bits per heavy atom. The van der Waals surface area contributed by atoms with Crippen LogP contribution in [0.25, 0.3) is 0 Å². The summed E-state index contributed by atoms with van der Waals surface area (Å²) in [5, 5.41) is 5.80. The smallest absolute Gasteiger partial charge is 0.317 e. The molecule has 0 aromatic heterocycles. The first-order valence-electron chi connectivity index (χ1n) is 7.57. The maximum atomic E-state index is 12.2. The van der Waals surface area contributed by atoms with E-state index in [1.165, 1.54) is 0 Å². The van der Waals surface area contributed by atoms with E-state index >= 15 is 0 Å². The quantitative estimate of drug-likeness (QED) is 0.821. The van der Waals surface area contributed by atoms with Crippen LogP contribution in [0.15, 0.2) is 36.4 Å². The molecule has 2 rings (SSSR count). The van der Waals surface area contributed by atoms with E-state index in [4.69, 9.17) is 0 Å². The van der Waals surface area contributed by atoms with Gasteiger partial charge in [0, 0.05) is 37.7 Å². The lowest BCUT2D eigenvalue weighted by Crippen LogP contribution is -2.43. The SMILES string of the molecule is C=C(C)CN(CC)C(=O)NC[C@@H]1CC(=O)Nc2ccccc21. The summed E-state index contributed by atoms with van der Waals surface area (Å²) < 4.78 is 0. The van der Waals surface area contributed by atoms with E-state index in [2.05, 4.69) is 17.2 Å². The van der Waals surface area contributed by atoms with Gasteiger partial charge in [-0.15, -0.1) is 0 Å². The minimum absolute atomic E-state index is 0.00719. The highest BCUT2D eigenvalue weighted by Crippen LogP contribution is 2.31. The predicted octanol–water partition coefficient (Wildman–Crippen LogP) is 2.72. The Hall–Kier alpha value is -2.30. The van der Waals surface area contributed by atoms with Crippen LogP contribution in [0.4, 0.5) is 10.5 Å². The number of nitrogens with zero attached hydrogens (tertiary/aromatic N) is 1. The van der Waals surface area contributed by atoms with Crippen molar-refractivity contribution in [2.24, 2.45) is 0 Å². The van der Waals surface area contributed by atoms with E-state index in [1.54, 1.807) is 4.90 Å².